The Hall–Kier alpha value is -2.24. The summed E-state index contributed by atoms with van der Waals surface area (Å²) in [7, 11) is 1.47. The van der Waals surface area contributed by atoms with Gasteiger partial charge in [0.25, 0.3) is 0 Å². The molecule has 0 aliphatic rings. The lowest BCUT2D eigenvalue weighted by Gasteiger charge is -2.07. The largest absolute Gasteiger partial charge is 0.493 e. The van der Waals surface area contributed by atoms with E-state index in [0.29, 0.717) is 18.0 Å². The average Bonchev–Trinajstić information content (AvgIpc) is 2.81. The van der Waals surface area contributed by atoms with Crippen molar-refractivity contribution >= 4 is 5.78 Å². The number of ketones is 1. The van der Waals surface area contributed by atoms with Gasteiger partial charge >= 0.3 is 0 Å². The van der Waals surface area contributed by atoms with Crippen molar-refractivity contribution in [1.29, 1.82) is 0 Å². The van der Waals surface area contributed by atoms with Crippen molar-refractivity contribution in [3.63, 3.8) is 0 Å². The van der Waals surface area contributed by atoms with Crippen LogP contribution < -0.4 is 4.74 Å². The molecule has 2 rings (SSSR count). The van der Waals surface area contributed by atoms with Gasteiger partial charge in [-0.1, -0.05) is 6.92 Å². The van der Waals surface area contributed by atoms with Crippen LogP contribution in [0.2, 0.25) is 0 Å². The Morgan fingerprint density at radius 3 is 2.84 bits per heavy atom. The van der Waals surface area contributed by atoms with Crippen molar-refractivity contribution in [2.75, 3.05) is 7.11 Å². The number of carbonyl (C=O) groups is 1. The third kappa shape index (κ3) is 2.62. The Bertz CT molecular complexity index is 595. The maximum atomic E-state index is 13.1. The first-order chi connectivity index (χ1) is 9.17. The molecule has 0 saturated carbocycles. The van der Waals surface area contributed by atoms with Crippen molar-refractivity contribution < 1.29 is 13.9 Å². The summed E-state index contributed by atoms with van der Waals surface area (Å²) >= 11 is 0. The third-order valence-electron chi connectivity index (χ3n) is 2.64. The number of hydrogen-bond acceptors (Lipinski definition) is 4. The average molecular weight is 263 g/mol. The lowest BCUT2D eigenvalue weighted by molar-refractivity contribution is 0.102. The fourth-order valence-electron chi connectivity index (χ4n) is 1.80. The second-order valence-electron chi connectivity index (χ2n) is 4.01. The Kier molecular flexibility index (Phi) is 3.89. The zero-order valence-electron chi connectivity index (χ0n) is 10.8. The van der Waals surface area contributed by atoms with E-state index in [1.165, 1.54) is 19.5 Å². The van der Waals surface area contributed by atoms with E-state index >= 15 is 0 Å². The van der Waals surface area contributed by atoms with Gasteiger partial charge in [-0.05, 0) is 12.5 Å². The van der Waals surface area contributed by atoms with E-state index in [9.17, 15) is 9.18 Å². The fraction of sp³-hybridized carbons (Fsp3) is 0.308. The number of halogens is 1. The van der Waals surface area contributed by atoms with Crippen LogP contribution >= 0.6 is 0 Å². The molecule has 0 saturated heterocycles. The van der Waals surface area contributed by atoms with Gasteiger partial charge < -0.3 is 4.74 Å². The van der Waals surface area contributed by atoms with Gasteiger partial charge in [-0.15, -0.1) is 0 Å². The molecule has 0 atom stereocenters. The molecule has 0 fully saturated rings. The molecule has 19 heavy (non-hydrogen) atoms. The summed E-state index contributed by atoms with van der Waals surface area (Å²) in [6.07, 6.45) is 4.69. The fourth-order valence-corrected chi connectivity index (χ4v) is 1.80. The summed E-state index contributed by atoms with van der Waals surface area (Å²) in [6.45, 7) is 2.57. The predicted octanol–water partition coefficient (Wildman–Crippen LogP) is 2.07. The molecule has 0 unspecified atom stereocenters. The topological polar surface area (TPSA) is 57.0 Å². The number of aromatic nitrogens is 3. The number of ether oxygens (including phenoxy) is 1. The summed E-state index contributed by atoms with van der Waals surface area (Å²) in [6, 6.07) is 1.15. The van der Waals surface area contributed by atoms with E-state index < -0.39 is 5.82 Å². The highest BCUT2D eigenvalue weighted by Crippen LogP contribution is 2.21. The molecule has 5 nitrogen and oxygen atoms in total. The summed E-state index contributed by atoms with van der Waals surface area (Å²) in [5, 5.41) is 4.10. The second-order valence-corrected chi connectivity index (χ2v) is 4.01. The third-order valence-corrected chi connectivity index (χ3v) is 2.64. The predicted molar refractivity (Wildman–Crippen MR) is 66.7 cm³/mol. The van der Waals surface area contributed by atoms with Crippen LogP contribution in [0.15, 0.2) is 24.7 Å². The molecule has 6 heteroatoms. The number of hydrogen-bond donors (Lipinski definition) is 0. The van der Waals surface area contributed by atoms with E-state index in [2.05, 4.69) is 10.1 Å². The molecule has 100 valence electrons. The van der Waals surface area contributed by atoms with Crippen LogP contribution in [-0.2, 0) is 6.54 Å². The minimum Gasteiger partial charge on any atom is -0.493 e. The molecule has 0 bridgehead atoms. The molecule has 2 heterocycles. The van der Waals surface area contributed by atoms with Gasteiger partial charge in [0.05, 0.1) is 19.5 Å². The normalized spacial score (nSPS) is 10.5. The molecule has 0 amide bonds. The molecule has 2 aromatic heterocycles. The first kappa shape index (κ1) is 13.2. The van der Waals surface area contributed by atoms with Crippen molar-refractivity contribution in [3.05, 3.63) is 41.7 Å². The van der Waals surface area contributed by atoms with Crippen LogP contribution in [0.5, 0.6) is 5.75 Å². The van der Waals surface area contributed by atoms with E-state index in [1.807, 2.05) is 6.92 Å². The van der Waals surface area contributed by atoms with Crippen molar-refractivity contribution in [3.8, 4) is 5.75 Å². The zero-order chi connectivity index (χ0) is 13.8. The van der Waals surface area contributed by atoms with Crippen LogP contribution in [0.4, 0.5) is 4.39 Å². The van der Waals surface area contributed by atoms with Gasteiger partial charge in [-0.3, -0.25) is 14.5 Å². The molecule has 0 aliphatic carbocycles. The summed E-state index contributed by atoms with van der Waals surface area (Å²) in [5.74, 6) is -0.524. The van der Waals surface area contributed by atoms with Gasteiger partial charge in [-0.2, -0.15) is 5.10 Å². The van der Waals surface area contributed by atoms with E-state index in [-0.39, 0.29) is 11.3 Å². The van der Waals surface area contributed by atoms with Gasteiger partial charge in [-0.25, -0.2) is 4.39 Å². The Morgan fingerprint density at radius 2 is 2.21 bits per heavy atom. The highest BCUT2D eigenvalue weighted by Gasteiger charge is 2.21. The minimum absolute atomic E-state index is 0.177. The monoisotopic (exact) mass is 263 g/mol. The minimum atomic E-state index is -0.550. The molecule has 2 aromatic rings. The molecule has 0 spiro atoms. The van der Waals surface area contributed by atoms with E-state index in [1.54, 1.807) is 4.68 Å². The van der Waals surface area contributed by atoms with Crippen LogP contribution in [0, 0.1) is 5.82 Å². The van der Waals surface area contributed by atoms with E-state index in [0.717, 1.165) is 18.7 Å². The maximum Gasteiger partial charge on any atom is 0.216 e. The molecule has 0 aromatic carbocycles. The summed E-state index contributed by atoms with van der Waals surface area (Å²) < 4.78 is 19.8. The maximum absolute atomic E-state index is 13.1. The number of methoxy groups -OCH3 is 1. The number of carbonyl (C=O) groups excluding carboxylic acids is 1. The van der Waals surface area contributed by atoms with Crippen LogP contribution in [0.1, 0.15) is 29.4 Å². The molecular weight excluding hydrogens is 249 g/mol. The lowest BCUT2D eigenvalue weighted by Crippen LogP contribution is -2.13. The Morgan fingerprint density at radius 1 is 1.42 bits per heavy atom. The second kappa shape index (κ2) is 5.60. The zero-order valence-corrected chi connectivity index (χ0v) is 10.8. The van der Waals surface area contributed by atoms with Gasteiger partial charge in [0.1, 0.15) is 5.82 Å². The Labute approximate surface area is 110 Å². The van der Waals surface area contributed by atoms with Gasteiger partial charge in [0.15, 0.2) is 11.4 Å². The van der Waals surface area contributed by atoms with Crippen molar-refractivity contribution in [2.45, 2.75) is 19.9 Å². The number of nitrogens with zero attached hydrogens (tertiary/aromatic N) is 3. The molecule has 0 aliphatic heterocycles. The Balaban J connectivity index is 2.45. The van der Waals surface area contributed by atoms with Crippen LogP contribution in [0.25, 0.3) is 0 Å². The number of aryl methyl sites for hydroxylation is 1. The molecule has 0 radical (unpaired) electrons. The highest BCUT2D eigenvalue weighted by atomic mass is 19.1. The van der Waals surface area contributed by atoms with Crippen LogP contribution in [-0.4, -0.2) is 27.7 Å². The van der Waals surface area contributed by atoms with Crippen molar-refractivity contribution in [1.82, 2.24) is 14.8 Å². The first-order valence-electron chi connectivity index (χ1n) is 5.92. The quantitative estimate of drug-likeness (QED) is 0.775. The smallest absolute Gasteiger partial charge is 0.216 e. The van der Waals surface area contributed by atoms with Gasteiger partial charge in [0.2, 0.25) is 5.78 Å². The van der Waals surface area contributed by atoms with Crippen molar-refractivity contribution in [2.24, 2.45) is 0 Å². The highest BCUT2D eigenvalue weighted by molar-refractivity contribution is 6.09. The lowest BCUT2D eigenvalue weighted by atomic mass is 10.1. The summed E-state index contributed by atoms with van der Waals surface area (Å²) in [4.78, 5) is 16.1. The SMILES string of the molecule is CCCn1ncc(OC)c1C(=O)c1cncc(F)c1. The van der Waals surface area contributed by atoms with E-state index in [4.69, 9.17) is 4.74 Å². The van der Waals surface area contributed by atoms with Crippen LogP contribution in [0.3, 0.4) is 0 Å². The molecular formula is C13H14FN3O2. The van der Waals surface area contributed by atoms with Gasteiger partial charge in [0, 0.05) is 18.3 Å². The summed E-state index contributed by atoms with van der Waals surface area (Å²) in [5.41, 5.74) is 0.493. The standard InChI is InChI=1S/C13H14FN3O2/c1-3-4-17-12(11(19-2)8-16-17)13(18)9-5-10(14)7-15-6-9/h5-8H,3-4H2,1-2H3. The first-order valence-corrected chi connectivity index (χ1v) is 5.92. The number of pyridine rings is 1. The molecule has 0 N–H and O–H groups in total. The number of rotatable bonds is 5.